The van der Waals surface area contributed by atoms with Crippen LogP contribution in [0.4, 0.5) is 0 Å². The van der Waals surface area contributed by atoms with Crippen LogP contribution in [0.3, 0.4) is 0 Å². The summed E-state index contributed by atoms with van der Waals surface area (Å²) >= 11 is 0. The molecule has 5 nitrogen and oxygen atoms in total. The molecule has 0 aromatic heterocycles. The second kappa shape index (κ2) is 4.48. The fourth-order valence-electron chi connectivity index (χ4n) is 0.993. The van der Waals surface area contributed by atoms with Gasteiger partial charge in [-0.3, -0.25) is 4.79 Å². The molecule has 0 aliphatic carbocycles. The lowest BCUT2D eigenvalue weighted by Crippen LogP contribution is -2.28. The Balaban J connectivity index is 2.80. The largest absolute Gasteiger partial charge is 0.508 e. The molecule has 0 saturated heterocycles. The van der Waals surface area contributed by atoms with Gasteiger partial charge in [-0.1, -0.05) is 0 Å². The SMILES string of the molecule is NCCNC(=O)c1ccc(O)cc1O. The molecule has 0 heterocycles. The zero-order chi connectivity index (χ0) is 10.6. The highest BCUT2D eigenvalue weighted by Gasteiger charge is 2.10. The van der Waals surface area contributed by atoms with Crippen LogP contribution in [0.25, 0.3) is 0 Å². The Hall–Kier alpha value is -1.75. The Morgan fingerprint density at radius 1 is 1.43 bits per heavy atom. The molecule has 0 bridgehead atoms. The van der Waals surface area contributed by atoms with Gasteiger partial charge < -0.3 is 21.3 Å². The Morgan fingerprint density at radius 3 is 2.71 bits per heavy atom. The Labute approximate surface area is 81.2 Å². The average Bonchev–Trinajstić information content (AvgIpc) is 2.14. The summed E-state index contributed by atoms with van der Waals surface area (Å²) in [5.74, 6) is -0.745. The number of rotatable bonds is 3. The van der Waals surface area contributed by atoms with Crippen LogP contribution in [0.1, 0.15) is 10.4 Å². The molecule has 5 N–H and O–H groups in total. The first kappa shape index (κ1) is 10.3. The lowest BCUT2D eigenvalue weighted by molar-refractivity contribution is 0.0952. The highest BCUT2D eigenvalue weighted by Crippen LogP contribution is 2.22. The van der Waals surface area contributed by atoms with Crippen LogP contribution in [0, 0.1) is 0 Å². The molecule has 1 rings (SSSR count). The first-order chi connectivity index (χ1) is 6.65. The van der Waals surface area contributed by atoms with Gasteiger partial charge in [0.15, 0.2) is 0 Å². The van der Waals surface area contributed by atoms with Gasteiger partial charge in [0.25, 0.3) is 5.91 Å². The molecule has 0 saturated carbocycles. The zero-order valence-electron chi connectivity index (χ0n) is 7.53. The predicted octanol–water partition coefficient (Wildman–Crippen LogP) is -0.214. The van der Waals surface area contributed by atoms with Crippen LogP contribution in [-0.4, -0.2) is 29.2 Å². The van der Waals surface area contributed by atoms with Crippen LogP contribution in [0.2, 0.25) is 0 Å². The van der Waals surface area contributed by atoms with E-state index in [0.717, 1.165) is 6.07 Å². The van der Waals surface area contributed by atoms with Crippen molar-refractivity contribution < 1.29 is 15.0 Å². The van der Waals surface area contributed by atoms with Crippen molar-refractivity contribution in [2.75, 3.05) is 13.1 Å². The van der Waals surface area contributed by atoms with Gasteiger partial charge in [0.2, 0.25) is 0 Å². The van der Waals surface area contributed by atoms with Gasteiger partial charge >= 0.3 is 0 Å². The summed E-state index contributed by atoms with van der Waals surface area (Å²) in [7, 11) is 0. The number of amides is 1. The molecular weight excluding hydrogens is 184 g/mol. The fourth-order valence-corrected chi connectivity index (χ4v) is 0.993. The number of phenolic OH excluding ortho intramolecular Hbond substituents is 2. The molecule has 14 heavy (non-hydrogen) atoms. The molecular formula is C9H12N2O3. The smallest absolute Gasteiger partial charge is 0.255 e. The van der Waals surface area contributed by atoms with Crippen molar-refractivity contribution in [1.82, 2.24) is 5.32 Å². The summed E-state index contributed by atoms with van der Waals surface area (Å²) in [4.78, 5) is 11.3. The van der Waals surface area contributed by atoms with E-state index in [1.165, 1.54) is 12.1 Å². The van der Waals surface area contributed by atoms with Gasteiger partial charge in [0, 0.05) is 19.2 Å². The third kappa shape index (κ3) is 2.37. The molecule has 0 aliphatic heterocycles. The number of nitrogens with one attached hydrogen (secondary N) is 1. The van der Waals surface area contributed by atoms with Crippen molar-refractivity contribution in [1.29, 1.82) is 0 Å². The standard InChI is InChI=1S/C9H12N2O3/c10-3-4-11-9(14)7-2-1-6(12)5-8(7)13/h1-2,5,12-13H,3-4,10H2,(H,11,14). The van der Waals surface area contributed by atoms with Crippen molar-refractivity contribution in [2.45, 2.75) is 0 Å². The van der Waals surface area contributed by atoms with E-state index in [1.54, 1.807) is 0 Å². The lowest BCUT2D eigenvalue weighted by atomic mass is 10.2. The number of benzene rings is 1. The van der Waals surface area contributed by atoms with Crippen LogP contribution < -0.4 is 11.1 Å². The van der Waals surface area contributed by atoms with E-state index in [1.807, 2.05) is 0 Å². The van der Waals surface area contributed by atoms with Crippen molar-refractivity contribution >= 4 is 5.91 Å². The summed E-state index contributed by atoms with van der Waals surface area (Å²) in [6.07, 6.45) is 0. The fraction of sp³-hybridized carbons (Fsp3) is 0.222. The van der Waals surface area contributed by atoms with Gasteiger partial charge in [-0.2, -0.15) is 0 Å². The number of carbonyl (C=O) groups excluding carboxylic acids is 1. The van der Waals surface area contributed by atoms with Gasteiger partial charge in [0.05, 0.1) is 5.56 Å². The molecule has 76 valence electrons. The van der Waals surface area contributed by atoms with Crippen LogP contribution >= 0.6 is 0 Å². The van der Waals surface area contributed by atoms with E-state index < -0.39 is 5.91 Å². The van der Waals surface area contributed by atoms with Gasteiger partial charge in [-0.25, -0.2) is 0 Å². The maximum atomic E-state index is 11.3. The summed E-state index contributed by atoms with van der Waals surface area (Å²) in [5, 5.41) is 20.8. The highest BCUT2D eigenvalue weighted by molar-refractivity contribution is 5.96. The number of carbonyl (C=O) groups is 1. The van der Waals surface area contributed by atoms with Gasteiger partial charge in [0.1, 0.15) is 11.5 Å². The monoisotopic (exact) mass is 196 g/mol. The second-order valence-electron chi connectivity index (χ2n) is 2.75. The molecule has 1 amide bonds. The highest BCUT2D eigenvalue weighted by atomic mass is 16.3. The summed E-state index contributed by atoms with van der Waals surface area (Å²) < 4.78 is 0. The second-order valence-corrected chi connectivity index (χ2v) is 2.75. The third-order valence-electron chi connectivity index (χ3n) is 1.66. The van der Waals surface area contributed by atoms with E-state index in [4.69, 9.17) is 10.8 Å². The van der Waals surface area contributed by atoms with Gasteiger partial charge in [-0.05, 0) is 12.1 Å². The molecule has 1 aromatic carbocycles. The number of hydrogen-bond acceptors (Lipinski definition) is 4. The van der Waals surface area contributed by atoms with E-state index in [2.05, 4.69) is 5.32 Å². The number of phenols is 2. The molecule has 0 fully saturated rings. The van der Waals surface area contributed by atoms with Crippen LogP contribution in [-0.2, 0) is 0 Å². The van der Waals surface area contributed by atoms with Crippen LogP contribution in [0.5, 0.6) is 11.5 Å². The quantitative estimate of drug-likeness (QED) is 0.537. The van der Waals surface area contributed by atoms with Crippen molar-refractivity contribution in [3.63, 3.8) is 0 Å². The molecule has 0 unspecified atom stereocenters. The third-order valence-corrected chi connectivity index (χ3v) is 1.66. The van der Waals surface area contributed by atoms with E-state index in [9.17, 15) is 9.90 Å². The minimum atomic E-state index is -0.409. The maximum Gasteiger partial charge on any atom is 0.255 e. The first-order valence-corrected chi connectivity index (χ1v) is 4.15. The topological polar surface area (TPSA) is 95.6 Å². The number of nitrogens with two attached hydrogens (primary N) is 1. The molecule has 0 radical (unpaired) electrons. The Bertz CT molecular complexity index is 339. The van der Waals surface area contributed by atoms with Gasteiger partial charge in [-0.15, -0.1) is 0 Å². The van der Waals surface area contributed by atoms with E-state index >= 15 is 0 Å². The minimum Gasteiger partial charge on any atom is -0.508 e. The maximum absolute atomic E-state index is 11.3. The lowest BCUT2D eigenvalue weighted by Gasteiger charge is -2.05. The Kier molecular flexibility index (Phi) is 3.30. The van der Waals surface area contributed by atoms with Crippen molar-refractivity contribution in [2.24, 2.45) is 5.73 Å². The number of aromatic hydroxyl groups is 2. The molecule has 5 heteroatoms. The Morgan fingerprint density at radius 2 is 2.14 bits per heavy atom. The summed E-state index contributed by atoms with van der Waals surface area (Å²) in [6.45, 7) is 0.684. The normalized spacial score (nSPS) is 9.79. The molecule has 1 aromatic rings. The van der Waals surface area contributed by atoms with E-state index in [-0.39, 0.29) is 17.1 Å². The van der Waals surface area contributed by atoms with Crippen LogP contribution in [0.15, 0.2) is 18.2 Å². The van der Waals surface area contributed by atoms with Crippen molar-refractivity contribution in [3.8, 4) is 11.5 Å². The molecule has 0 aliphatic rings. The summed E-state index contributed by atoms with van der Waals surface area (Å²) in [5.41, 5.74) is 5.32. The van der Waals surface area contributed by atoms with Crippen molar-refractivity contribution in [3.05, 3.63) is 23.8 Å². The van der Waals surface area contributed by atoms with E-state index in [0.29, 0.717) is 13.1 Å². The molecule has 0 atom stereocenters. The molecule has 0 spiro atoms. The predicted molar refractivity (Wildman–Crippen MR) is 51.2 cm³/mol. The number of hydrogen-bond donors (Lipinski definition) is 4. The average molecular weight is 196 g/mol. The first-order valence-electron chi connectivity index (χ1n) is 4.15. The minimum absolute atomic E-state index is 0.0853. The summed E-state index contributed by atoms with van der Waals surface area (Å²) in [6, 6.07) is 3.78. The zero-order valence-corrected chi connectivity index (χ0v) is 7.53.